The van der Waals surface area contributed by atoms with E-state index in [2.05, 4.69) is 66.2 Å². The molecule has 19 heavy (non-hydrogen) atoms. The fourth-order valence-corrected chi connectivity index (χ4v) is 2.20. The Morgan fingerprint density at radius 2 is 2.05 bits per heavy atom. The second kappa shape index (κ2) is 8.56. The average molecular weight is 329 g/mol. The van der Waals surface area contributed by atoms with E-state index in [-0.39, 0.29) is 0 Å². The van der Waals surface area contributed by atoms with Crippen LogP contribution in [0.3, 0.4) is 0 Å². The fourth-order valence-electron chi connectivity index (χ4n) is 1.66. The minimum atomic E-state index is 0.501. The molecule has 1 N–H and O–H groups in total. The topological polar surface area (TPSA) is 24.5 Å². The van der Waals surface area contributed by atoms with Crippen molar-refractivity contribution in [1.82, 2.24) is 10.2 Å². The largest absolute Gasteiger partial charge is 0.492 e. The zero-order chi connectivity index (χ0) is 14.3. The minimum absolute atomic E-state index is 0.501. The summed E-state index contributed by atoms with van der Waals surface area (Å²) in [5.41, 5.74) is 1.27. The van der Waals surface area contributed by atoms with Crippen LogP contribution in [0.5, 0.6) is 5.75 Å². The third kappa shape index (κ3) is 6.95. The summed E-state index contributed by atoms with van der Waals surface area (Å²) in [6.07, 6.45) is 1.04. The van der Waals surface area contributed by atoms with Gasteiger partial charge < -0.3 is 15.0 Å². The Labute approximate surface area is 125 Å². The molecule has 0 bridgehead atoms. The molecule has 0 heterocycles. The SMILES string of the molecule is CC(C)NCc1ccc(OCCCN(C)C)c(Br)c1. The highest BCUT2D eigenvalue weighted by molar-refractivity contribution is 9.10. The number of nitrogens with zero attached hydrogens (tertiary/aromatic N) is 1. The number of hydrogen-bond acceptors (Lipinski definition) is 3. The van der Waals surface area contributed by atoms with Gasteiger partial charge in [0.15, 0.2) is 0 Å². The molecule has 108 valence electrons. The Balaban J connectivity index is 2.43. The van der Waals surface area contributed by atoms with Crippen molar-refractivity contribution >= 4 is 15.9 Å². The molecule has 1 rings (SSSR count). The zero-order valence-electron chi connectivity index (χ0n) is 12.4. The summed E-state index contributed by atoms with van der Waals surface area (Å²) in [5.74, 6) is 0.923. The molecule has 0 atom stereocenters. The van der Waals surface area contributed by atoms with E-state index < -0.39 is 0 Å². The number of halogens is 1. The van der Waals surface area contributed by atoms with Gasteiger partial charge in [-0.15, -0.1) is 0 Å². The number of benzene rings is 1. The van der Waals surface area contributed by atoms with Crippen molar-refractivity contribution in [1.29, 1.82) is 0 Å². The maximum Gasteiger partial charge on any atom is 0.133 e. The van der Waals surface area contributed by atoms with Gasteiger partial charge in [0, 0.05) is 19.1 Å². The van der Waals surface area contributed by atoms with Crippen LogP contribution >= 0.6 is 15.9 Å². The molecule has 0 unspecified atom stereocenters. The van der Waals surface area contributed by atoms with E-state index in [1.807, 2.05) is 6.07 Å². The molecule has 0 aliphatic carbocycles. The molecule has 0 spiro atoms. The lowest BCUT2D eigenvalue weighted by Gasteiger charge is -2.13. The van der Waals surface area contributed by atoms with E-state index in [9.17, 15) is 0 Å². The summed E-state index contributed by atoms with van der Waals surface area (Å²) in [5, 5.41) is 3.41. The normalized spacial score (nSPS) is 11.3. The van der Waals surface area contributed by atoms with E-state index in [4.69, 9.17) is 4.74 Å². The van der Waals surface area contributed by atoms with Crippen LogP contribution in [0.1, 0.15) is 25.8 Å². The third-order valence-electron chi connectivity index (χ3n) is 2.72. The molecule has 0 aliphatic rings. The quantitative estimate of drug-likeness (QED) is 0.741. The summed E-state index contributed by atoms with van der Waals surface area (Å²) in [6.45, 7) is 6.99. The van der Waals surface area contributed by atoms with Crippen molar-refractivity contribution in [3.63, 3.8) is 0 Å². The van der Waals surface area contributed by atoms with Gasteiger partial charge in [0.25, 0.3) is 0 Å². The van der Waals surface area contributed by atoms with Crippen LogP contribution in [0.15, 0.2) is 22.7 Å². The average Bonchev–Trinajstić information content (AvgIpc) is 2.33. The predicted octanol–water partition coefficient (Wildman–Crippen LogP) is 3.28. The van der Waals surface area contributed by atoms with Crippen LogP contribution in [0, 0.1) is 0 Å². The molecule has 0 aliphatic heterocycles. The van der Waals surface area contributed by atoms with Crippen LogP contribution in [-0.2, 0) is 6.54 Å². The molecule has 0 saturated carbocycles. The Morgan fingerprint density at radius 3 is 2.63 bits per heavy atom. The highest BCUT2D eigenvalue weighted by Crippen LogP contribution is 2.26. The van der Waals surface area contributed by atoms with Crippen LogP contribution in [0.25, 0.3) is 0 Å². The molecule has 0 aromatic heterocycles. The van der Waals surface area contributed by atoms with E-state index in [0.717, 1.165) is 36.3 Å². The van der Waals surface area contributed by atoms with E-state index >= 15 is 0 Å². The lowest BCUT2D eigenvalue weighted by Crippen LogP contribution is -2.21. The van der Waals surface area contributed by atoms with Gasteiger partial charge in [-0.1, -0.05) is 19.9 Å². The monoisotopic (exact) mass is 328 g/mol. The van der Waals surface area contributed by atoms with Crippen LogP contribution in [0.2, 0.25) is 0 Å². The molecule has 0 saturated heterocycles. The van der Waals surface area contributed by atoms with E-state index in [0.29, 0.717) is 6.04 Å². The molecule has 1 aromatic rings. The van der Waals surface area contributed by atoms with Gasteiger partial charge in [-0.2, -0.15) is 0 Å². The summed E-state index contributed by atoms with van der Waals surface area (Å²) < 4.78 is 6.80. The Hall–Kier alpha value is -0.580. The van der Waals surface area contributed by atoms with Crippen molar-refractivity contribution in [2.75, 3.05) is 27.2 Å². The summed E-state index contributed by atoms with van der Waals surface area (Å²) in [7, 11) is 4.15. The van der Waals surface area contributed by atoms with Gasteiger partial charge >= 0.3 is 0 Å². The molecule has 3 nitrogen and oxygen atoms in total. The Kier molecular flexibility index (Phi) is 7.42. The van der Waals surface area contributed by atoms with E-state index in [1.165, 1.54) is 5.56 Å². The van der Waals surface area contributed by atoms with Crippen LogP contribution in [-0.4, -0.2) is 38.2 Å². The summed E-state index contributed by atoms with van der Waals surface area (Å²) in [6, 6.07) is 6.77. The van der Waals surface area contributed by atoms with Crippen molar-refractivity contribution in [3.05, 3.63) is 28.2 Å². The first-order valence-electron chi connectivity index (χ1n) is 6.78. The molecule has 1 aromatic carbocycles. The van der Waals surface area contributed by atoms with Crippen LogP contribution in [0.4, 0.5) is 0 Å². The highest BCUT2D eigenvalue weighted by atomic mass is 79.9. The van der Waals surface area contributed by atoms with Crippen LogP contribution < -0.4 is 10.1 Å². The second-order valence-corrected chi connectivity index (χ2v) is 6.16. The predicted molar refractivity (Wildman–Crippen MR) is 84.8 cm³/mol. The third-order valence-corrected chi connectivity index (χ3v) is 3.34. The second-order valence-electron chi connectivity index (χ2n) is 5.31. The molecule has 0 amide bonds. The van der Waals surface area contributed by atoms with Gasteiger partial charge in [0.05, 0.1) is 11.1 Å². The Morgan fingerprint density at radius 1 is 1.32 bits per heavy atom. The molecule has 0 radical (unpaired) electrons. The van der Waals surface area contributed by atoms with Gasteiger partial charge in [0.1, 0.15) is 5.75 Å². The van der Waals surface area contributed by atoms with Crippen molar-refractivity contribution in [2.24, 2.45) is 0 Å². The zero-order valence-corrected chi connectivity index (χ0v) is 14.0. The standard InChI is InChI=1S/C15H25BrN2O/c1-12(2)17-11-13-6-7-15(14(16)10-13)19-9-5-8-18(3)4/h6-7,10,12,17H,5,8-9,11H2,1-4H3. The van der Waals surface area contributed by atoms with Crippen molar-refractivity contribution < 1.29 is 4.74 Å². The first-order valence-corrected chi connectivity index (χ1v) is 7.57. The first-order chi connectivity index (χ1) is 8.99. The Bertz CT molecular complexity index is 380. The van der Waals surface area contributed by atoms with Crippen molar-refractivity contribution in [2.45, 2.75) is 32.9 Å². The highest BCUT2D eigenvalue weighted by Gasteiger charge is 2.03. The summed E-state index contributed by atoms with van der Waals surface area (Å²) in [4.78, 5) is 2.17. The molecular weight excluding hydrogens is 304 g/mol. The summed E-state index contributed by atoms with van der Waals surface area (Å²) >= 11 is 3.57. The van der Waals surface area contributed by atoms with Gasteiger partial charge in [-0.3, -0.25) is 0 Å². The van der Waals surface area contributed by atoms with Gasteiger partial charge in [-0.25, -0.2) is 0 Å². The molecule has 4 heteroatoms. The van der Waals surface area contributed by atoms with E-state index in [1.54, 1.807) is 0 Å². The first kappa shape index (κ1) is 16.5. The molecular formula is C15H25BrN2O. The number of hydrogen-bond donors (Lipinski definition) is 1. The lowest BCUT2D eigenvalue weighted by atomic mass is 10.2. The van der Waals surface area contributed by atoms with Gasteiger partial charge in [0.2, 0.25) is 0 Å². The molecule has 0 fully saturated rings. The maximum atomic E-state index is 5.77. The van der Waals surface area contributed by atoms with Gasteiger partial charge in [-0.05, 0) is 54.1 Å². The minimum Gasteiger partial charge on any atom is -0.492 e. The smallest absolute Gasteiger partial charge is 0.133 e. The fraction of sp³-hybridized carbons (Fsp3) is 0.600. The number of rotatable bonds is 8. The number of ether oxygens (including phenoxy) is 1. The lowest BCUT2D eigenvalue weighted by molar-refractivity contribution is 0.280. The van der Waals surface area contributed by atoms with Crippen molar-refractivity contribution in [3.8, 4) is 5.75 Å². The number of nitrogens with one attached hydrogen (secondary N) is 1. The maximum absolute atomic E-state index is 5.77.